The highest BCUT2D eigenvalue weighted by atomic mass is 35.5. The molecule has 0 saturated carbocycles. The van der Waals surface area contributed by atoms with Gasteiger partial charge in [0.1, 0.15) is 5.82 Å². The van der Waals surface area contributed by atoms with E-state index in [-0.39, 0.29) is 28.0 Å². The Morgan fingerprint density at radius 3 is 2.84 bits per heavy atom. The molecule has 128 valence electrons. The highest BCUT2D eigenvalue weighted by Gasteiger charge is 2.19. The van der Waals surface area contributed by atoms with E-state index in [0.29, 0.717) is 22.9 Å². The number of amides is 1. The number of halogens is 2. The molecule has 3 N–H and O–H groups in total. The smallest absolute Gasteiger partial charge is 0.272 e. The fourth-order valence-electron chi connectivity index (χ4n) is 2.57. The van der Waals surface area contributed by atoms with Crippen molar-refractivity contribution in [1.82, 2.24) is 20.5 Å². The summed E-state index contributed by atoms with van der Waals surface area (Å²) < 4.78 is 14.5. The number of pyridine rings is 1. The summed E-state index contributed by atoms with van der Waals surface area (Å²) in [6.45, 7) is 2.46. The van der Waals surface area contributed by atoms with Crippen molar-refractivity contribution in [1.29, 1.82) is 0 Å². The molecule has 1 amide bonds. The van der Waals surface area contributed by atoms with Gasteiger partial charge in [-0.05, 0) is 24.6 Å². The van der Waals surface area contributed by atoms with Gasteiger partial charge >= 0.3 is 0 Å². The minimum absolute atomic E-state index is 0.0669. The van der Waals surface area contributed by atoms with Crippen LogP contribution >= 0.6 is 11.6 Å². The summed E-state index contributed by atoms with van der Waals surface area (Å²) >= 11 is 6.05. The molecule has 6 nitrogen and oxygen atoms in total. The maximum absolute atomic E-state index is 14.5. The standard InChI is InChI=1S/C17H15ClFN5O/c1-2-6-21-17(25)15-14(20)9-3-4-12(19)13(11(9)8-22-15)10-5-7-23-24-16(10)18/h3-5,7-8H,2,6,20H2,1H3,(H,21,25). The van der Waals surface area contributed by atoms with E-state index in [2.05, 4.69) is 20.5 Å². The molecule has 3 aromatic rings. The number of nitrogen functional groups attached to an aromatic ring is 1. The van der Waals surface area contributed by atoms with E-state index in [1.54, 1.807) is 6.07 Å². The average molecular weight is 360 g/mol. The lowest BCUT2D eigenvalue weighted by Crippen LogP contribution is -2.26. The lowest BCUT2D eigenvalue weighted by molar-refractivity contribution is 0.0950. The second-order valence-corrected chi connectivity index (χ2v) is 5.75. The maximum Gasteiger partial charge on any atom is 0.272 e. The van der Waals surface area contributed by atoms with Crippen LogP contribution in [0.5, 0.6) is 0 Å². The molecule has 0 atom stereocenters. The second-order valence-electron chi connectivity index (χ2n) is 5.40. The molecular weight excluding hydrogens is 345 g/mol. The zero-order valence-electron chi connectivity index (χ0n) is 13.4. The van der Waals surface area contributed by atoms with Crippen LogP contribution in [0.4, 0.5) is 10.1 Å². The van der Waals surface area contributed by atoms with Gasteiger partial charge in [0, 0.05) is 34.6 Å². The summed E-state index contributed by atoms with van der Waals surface area (Å²) in [7, 11) is 0. The van der Waals surface area contributed by atoms with Gasteiger partial charge in [0.2, 0.25) is 0 Å². The van der Waals surface area contributed by atoms with Crippen molar-refractivity contribution < 1.29 is 9.18 Å². The molecule has 2 aromatic heterocycles. The van der Waals surface area contributed by atoms with Crippen LogP contribution < -0.4 is 11.1 Å². The fraction of sp³-hybridized carbons (Fsp3) is 0.176. The van der Waals surface area contributed by atoms with Crippen molar-refractivity contribution in [3.63, 3.8) is 0 Å². The molecule has 25 heavy (non-hydrogen) atoms. The first-order valence-electron chi connectivity index (χ1n) is 7.67. The highest BCUT2D eigenvalue weighted by Crippen LogP contribution is 2.36. The Bertz CT molecular complexity index is 963. The summed E-state index contributed by atoms with van der Waals surface area (Å²) in [5, 5.41) is 11.2. The van der Waals surface area contributed by atoms with Gasteiger partial charge in [-0.3, -0.25) is 4.79 Å². The molecule has 1 aromatic carbocycles. The summed E-state index contributed by atoms with van der Waals surface area (Å²) in [5.41, 5.74) is 7.01. The van der Waals surface area contributed by atoms with Crippen molar-refractivity contribution in [3.05, 3.63) is 47.3 Å². The number of nitrogens with two attached hydrogens (primary N) is 1. The van der Waals surface area contributed by atoms with Crippen molar-refractivity contribution >= 4 is 34.0 Å². The second kappa shape index (κ2) is 6.98. The quantitative estimate of drug-likeness (QED) is 0.746. The van der Waals surface area contributed by atoms with Crippen molar-refractivity contribution in [3.8, 4) is 11.1 Å². The number of nitrogens with zero attached hydrogens (tertiary/aromatic N) is 3. The number of aromatic nitrogens is 3. The Labute approximate surface area is 148 Å². The third-order valence-corrected chi connectivity index (χ3v) is 4.04. The van der Waals surface area contributed by atoms with Crippen LogP contribution in [0.3, 0.4) is 0 Å². The number of fused-ring (bicyclic) bond motifs is 1. The number of rotatable bonds is 4. The molecule has 0 aliphatic carbocycles. The molecule has 0 aliphatic rings. The monoisotopic (exact) mass is 359 g/mol. The highest BCUT2D eigenvalue weighted by molar-refractivity contribution is 6.32. The van der Waals surface area contributed by atoms with Crippen LogP contribution in [0.25, 0.3) is 21.9 Å². The third kappa shape index (κ3) is 3.10. The number of carbonyl (C=O) groups excluding carboxylic acids is 1. The molecular formula is C17H15ClFN5O. The Morgan fingerprint density at radius 2 is 2.12 bits per heavy atom. The average Bonchev–Trinajstić information content (AvgIpc) is 2.61. The first-order valence-corrected chi connectivity index (χ1v) is 8.04. The molecule has 0 aliphatic heterocycles. The number of anilines is 1. The third-order valence-electron chi connectivity index (χ3n) is 3.76. The zero-order chi connectivity index (χ0) is 18.0. The minimum atomic E-state index is -0.494. The van der Waals surface area contributed by atoms with E-state index in [0.717, 1.165) is 6.42 Å². The van der Waals surface area contributed by atoms with Crippen molar-refractivity contribution in [2.75, 3.05) is 12.3 Å². The van der Waals surface area contributed by atoms with Gasteiger partial charge in [0.25, 0.3) is 5.91 Å². The van der Waals surface area contributed by atoms with E-state index in [1.165, 1.54) is 24.5 Å². The zero-order valence-corrected chi connectivity index (χ0v) is 14.1. The van der Waals surface area contributed by atoms with Crippen LogP contribution in [0.15, 0.2) is 30.6 Å². The summed E-state index contributed by atoms with van der Waals surface area (Å²) in [5.74, 6) is -0.859. The molecule has 0 bridgehead atoms. The minimum Gasteiger partial charge on any atom is -0.396 e. The van der Waals surface area contributed by atoms with E-state index in [9.17, 15) is 9.18 Å². The summed E-state index contributed by atoms with van der Waals surface area (Å²) in [4.78, 5) is 16.3. The largest absolute Gasteiger partial charge is 0.396 e. The SMILES string of the molecule is CCCNC(=O)c1ncc2c(-c3ccnnc3Cl)c(F)ccc2c1N. The Balaban J connectivity index is 2.21. The van der Waals surface area contributed by atoms with Gasteiger partial charge in [-0.15, -0.1) is 5.10 Å². The molecule has 3 rings (SSSR count). The normalized spacial score (nSPS) is 10.8. The number of hydrogen-bond acceptors (Lipinski definition) is 5. The van der Waals surface area contributed by atoms with Gasteiger partial charge in [-0.2, -0.15) is 5.10 Å². The fourth-order valence-corrected chi connectivity index (χ4v) is 2.77. The van der Waals surface area contributed by atoms with Crippen molar-refractivity contribution in [2.45, 2.75) is 13.3 Å². The molecule has 0 unspecified atom stereocenters. The summed E-state index contributed by atoms with van der Waals surface area (Å²) in [6, 6.07) is 4.36. The maximum atomic E-state index is 14.5. The molecule has 0 spiro atoms. The van der Waals surface area contributed by atoms with Gasteiger partial charge in [0.05, 0.1) is 11.9 Å². The Hall–Kier alpha value is -2.80. The van der Waals surface area contributed by atoms with Crippen molar-refractivity contribution in [2.24, 2.45) is 0 Å². The Morgan fingerprint density at radius 1 is 1.32 bits per heavy atom. The predicted molar refractivity (Wildman–Crippen MR) is 94.8 cm³/mol. The molecule has 0 fully saturated rings. The van der Waals surface area contributed by atoms with Crippen LogP contribution in [-0.2, 0) is 0 Å². The van der Waals surface area contributed by atoms with Crippen LogP contribution in [0.1, 0.15) is 23.8 Å². The number of nitrogens with one attached hydrogen (secondary N) is 1. The first kappa shape index (κ1) is 17.0. The van der Waals surface area contributed by atoms with Crippen LogP contribution in [-0.4, -0.2) is 27.6 Å². The van der Waals surface area contributed by atoms with E-state index in [4.69, 9.17) is 17.3 Å². The molecule has 0 saturated heterocycles. The number of carbonyl (C=O) groups is 1. The lowest BCUT2D eigenvalue weighted by atomic mass is 9.99. The molecule has 8 heteroatoms. The number of hydrogen-bond donors (Lipinski definition) is 2. The first-order chi connectivity index (χ1) is 12.0. The van der Waals surface area contributed by atoms with Crippen LogP contribution in [0.2, 0.25) is 5.15 Å². The van der Waals surface area contributed by atoms with E-state index in [1.807, 2.05) is 6.92 Å². The molecule has 2 heterocycles. The predicted octanol–water partition coefficient (Wildman–Crippen LogP) is 3.21. The topological polar surface area (TPSA) is 93.8 Å². The van der Waals surface area contributed by atoms with Gasteiger partial charge < -0.3 is 11.1 Å². The van der Waals surface area contributed by atoms with E-state index >= 15 is 0 Å². The lowest BCUT2D eigenvalue weighted by Gasteiger charge is -2.13. The molecule has 0 radical (unpaired) electrons. The number of benzene rings is 1. The Kier molecular flexibility index (Phi) is 4.76. The van der Waals surface area contributed by atoms with Gasteiger partial charge in [-0.1, -0.05) is 18.5 Å². The van der Waals surface area contributed by atoms with Gasteiger partial charge in [-0.25, -0.2) is 9.37 Å². The van der Waals surface area contributed by atoms with Crippen LogP contribution in [0, 0.1) is 5.82 Å². The van der Waals surface area contributed by atoms with Gasteiger partial charge in [0.15, 0.2) is 10.8 Å². The van der Waals surface area contributed by atoms with E-state index < -0.39 is 5.82 Å². The summed E-state index contributed by atoms with van der Waals surface area (Å²) in [6.07, 6.45) is 3.63.